The molecule has 3 heteroatoms. The lowest BCUT2D eigenvalue weighted by atomic mass is 9.95. The minimum absolute atomic E-state index is 0.252. The second kappa shape index (κ2) is 6.32. The van der Waals surface area contributed by atoms with E-state index in [-0.39, 0.29) is 6.61 Å². The quantitative estimate of drug-likeness (QED) is 0.850. The van der Waals surface area contributed by atoms with Crippen molar-refractivity contribution in [1.29, 1.82) is 0 Å². The molecule has 0 aromatic heterocycles. The van der Waals surface area contributed by atoms with Gasteiger partial charge < -0.3 is 10.4 Å². The number of hydrogen-bond acceptors (Lipinski definition) is 3. The Morgan fingerprint density at radius 2 is 2.00 bits per heavy atom. The van der Waals surface area contributed by atoms with Crippen molar-refractivity contribution in [2.75, 3.05) is 32.8 Å². The molecule has 0 radical (unpaired) electrons. The maximum atomic E-state index is 9.35. The van der Waals surface area contributed by atoms with E-state index in [9.17, 15) is 5.11 Å². The van der Waals surface area contributed by atoms with E-state index in [2.05, 4.69) is 42.3 Å². The fraction of sp³-hybridized carbons (Fsp3) is 0.600. The number of hydrogen-bond donors (Lipinski definition) is 2. The molecule has 1 atom stereocenters. The summed E-state index contributed by atoms with van der Waals surface area (Å²) in [5.41, 5.74) is 4.01. The van der Waals surface area contributed by atoms with Gasteiger partial charge in [-0.1, -0.05) is 23.8 Å². The highest BCUT2D eigenvalue weighted by Gasteiger charge is 2.22. The fourth-order valence-corrected chi connectivity index (χ4v) is 2.77. The second-order valence-corrected chi connectivity index (χ2v) is 5.17. The largest absolute Gasteiger partial charge is 0.396 e. The lowest BCUT2D eigenvalue weighted by molar-refractivity contribution is 0.140. The van der Waals surface area contributed by atoms with Crippen LogP contribution in [-0.2, 0) is 0 Å². The summed E-state index contributed by atoms with van der Waals surface area (Å²) in [5.74, 6) is 0. The normalized spacial score (nSPS) is 18.8. The van der Waals surface area contributed by atoms with Crippen LogP contribution in [0.5, 0.6) is 0 Å². The molecule has 0 amide bonds. The third kappa shape index (κ3) is 3.10. The first-order chi connectivity index (χ1) is 8.72. The van der Waals surface area contributed by atoms with Gasteiger partial charge in [-0.25, -0.2) is 0 Å². The van der Waals surface area contributed by atoms with Crippen LogP contribution < -0.4 is 5.32 Å². The Balaban J connectivity index is 2.24. The summed E-state index contributed by atoms with van der Waals surface area (Å²) in [5, 5.41) is 12.7. The van der Waals surface area contributed by atoms with Gasteiger partial charge in [-0.05, 0) is 31.4 Å². The van der Waals surface area contributed by atoms with Gasteiger partial charge in [0.05, 0.1) is 0 Å². The highest BCUT2D eigenvalue weighted by Crippen LogP contribution is 2.28. The van der Waals surface area contributed by atoms with Gasteiger partial charge in [-0.15, -0.1) is 0 Å². The van der Waals surface area contributed by atoms with E-state index in [1.807, 2.05) is 0 Å². The molecule has 1 aliphatic heterocycles. The van der Waals surface area contributed by atoms with Crippen LogP contribution in [0.1, 0.15) is 29.2 Å². The summed E-state index contributed by atoms with van der Waals surface area (Å²) in [4.78, 5) is 2.49. The Labute approximate surface area is 110 Å². The van der Waals surface area contributed by atoms with Gasteiger partial charge in [0.25, 0.3) is 0 Å². The monoisotopic (exact) mass is 248 g/mol. The lowest BCUT2D eigenvalue weighted by Gasteiger charge is -2.35. The van der Waals surface area contributed by atoms with E-state index in [1.54, 1.807) is 0 Å². The molecular weight excluding hydrogens is 224 g/mol. The van der Waals surface area contributed by atoms with Gasteiger partial charge in [0, 0.05) is 38.8 Å². The Hall–Kier alpha value is -0.900. The molecule has 18 heavy (non-hydrogen) atoms. The van der Waals surface area contributed by atoms with E-state index in [0.717, 1.165) is 32.6 Å². The fourth-order valence-electron chi connectivity index (χ4n) is 2.77. The van der Waals surface area contributed by atoms with Crippen molar-refractivity contribution < 1.29 is 5.11 Å². The maximum Gasteiger partial charge on any atom is 0.0449 e. The first-order valence-corrected chi connectivity index (χ1v) is 6.85. The molecule has 0 bridgehead atoms. The van der Waals surface area contributed by atoms with E-state index >= 15 is 0 Å². The van der Waals surface area contributed by atoms with Gasteiger partial charge in [0.15, 0.2) is 0 Å². The molecule has 2 rings (SSSR count). The predicted molar refractivity (Wildman–Crippen MR) is 74.8 cm³/mol. The van der Waals surface area contributed by atoms with Crippen molar-refractivity contribution in [3.63, 3.8) is 0 Å². The molecule has 0 spiro atoms. The van der Waals surface area contributed by atoms with Crippen LogP contribution >= 0.6 is 0 Å². The zero-order valence-corrected chi connectivity index (χ0v) is 11.4. The average Bonchev–Trinajstić information content (AvgIpc) is 2.40. The molecule has 3 nitrogen and oxygen atoms in total. The molecule has 1 aromatic rings. The smallest absolute Gasteiger partial charge is 0.0449 e. The molecule has 1 saturated heterocycles. The third-order valence-electron chi connectivity index (χ3n) is 3.79. The molecule has 1 aliphatic rings. The van der Waals surface area contributed by atoms with E-state index in [1.165, 1.54) is 16.7 Å². The Bertz CT molecular complexity index is 386. The zero-order chi connectivity index (χ0) is 13.0. The van der Waals surface area contributed by atoms with Gasteiger partial charge in [-0.2, -0.15) is 0 Å². The van der Waals surface area contributed by atoms with E-state index in [4.69, 9.17) is 0 Å². The first-order valence-electron chi connectivity index (χ1n) is 6.85. The van der Waals surface area contributed by atoms with Crippen molar-refractivity contribution in [3.8, 4) is 0 Å². The van der Waals surface area contributed by atoms with Crippen LogP contribution in [0.25, 0.3) is 0 Å². The first kappa shape index (κ1) is 13.5. The summed E-state index contributed by atoms with van der Waals surface area (Å²) < 4.78 is 0. The van der Waals surface area contributed by atoms with Gasteiger partial charge >= 0.3 is 0 Å². The molecule has 2 N–H and O–H groups in total. The molecule has 1 heterocycles. The van der Waals surface area contributed by atoms with Crippen LogP contribution in [-0.4, -0.2) is 42.8 Å². The number of aryl methyl sites for hydroxylation is 2. The minimum atomic E-state index is 0.252. The third-order valence-corrected chi connectivity index (χ3v) is 3.79. The number of nitrogens with one attached hydrogen (secondary N) is 1. The van der Waals surface area contributed by atoms with Crippen molar-refractivity contribution in [3.05, 3.63) is 34.9 Å². The molecule has 1 aromatic carbocycles. The highest BCUT2D eigenvalue weighted by molar-refractivity contribution is 5.33. The second-order valence-electron chi connectivity index (χ2n) is 5.17. The minimum Gasteiger partial charge on any atom is -0.396 e. The van der Waals surface area contributed by atoms with Crippen LogP contribution in [0.2, 0.25) is 0 Å². The highest BCUT2D eigenvalue weighted by atomic mass is 16.3. The standard InChI is InChI=1S/C15H24N2O/c1-12-3-4-13(2)14(11-12)15(5-10-18)17-8-6-16-7-9-17/h3-4,11,15-16,18H,5-10H2,1-2H3/t15-/m1/s1. The lowest BCUT2D eigenvalue weighted by Crippen LogP contribution is -2.45. The average molecular weight is 248 g/mol. The van der Waals surface area contributed by atoms with E-state index in [0.29, 0.717) is 6.04 Å². The molecular formula is C15H24N2O. The van der Waals surface area contributed by atoms with Crippen molar-refractivity contribution >= 4 is 0 Å². The summed E-state index contributed by atoms with van der Waals surface area (Å²) in [6.45, 7) is 8.79. The molecule has 0 unspecified atom stereocenters. The van der Waals surface area contributed by atoms with E-state index < -0.39 is 0 Å². The van der Waals surface area contributed by atoms with Gasteiger partial charge in [-0.3, -0.25) is 4.90 Å². The number of aliphatic hydroxyl groups excluding tert-OH is 1. The zero-order valence-electron chi connectivity index (χ0n) is 11.4. The van der Waals surface area contributed by atoms with Crippen LogP contribution in [0.4, 0.5) is 0 Å². The maximum absolute atomic E-state index is 9.35. The topological polar surface area (TPSA) is 35.5 Å². The van der Waals surface area contributed by atoms with Gasteiger partial charge in [0.2, 0.25) is 0 Å². The Morgan fingerprint density at radius 3 is 2.67 bits per heavy atom. The Kier molecular flexibility index (Phi) is 4.75. The number of nitrogens with zero attached hydrogens (tertiary/aromatic N) is 1. The van der Waals surface area contributed by atoms with Crippen molar-refractivity contribution in [1.82, 2.24) is 10.2 Å². The van der Waals surface area contributed by atoms with Crippen LogP contribution in [0.15, 0.2) is 18.2 Å². The van der Waals surface area contributed by atoms with Crippen LogP contribution in [0.3, 0.4) is 0 Å². The van der Waals surface area contributed by atoms with Crippen molar-refractivity contribution in [2.45, 2.75) is 26.3 Å². The van der Waals surface area contributed by atoms with Crippen molar-refractivity contribution in [2.24, 2.45) is 0 Å². The molecule has 0 aliphatic carbocycles. The molecule has 100 valence electrons. The predicted octanol–water partition coefficient (Wildman–Crippen LogP) is 1.63. The summed E-state index contributed by atoms with van der Waals surface area (Å²) in [6.07, 6.45) is 0.824. The number of piperazine rings is 1. The summed E-state index contributed by atoms with van der Waals surface area (Å²) >= 11 is 0. The number of rotatable bonds is 4. The molecule has 0 saturated carbocycles. The SMILES string of the molecule is Cc1ccc(C)c([C@@H](CCO)N2CCNCC2)c1. The number of benzene rings is 1. The summed E-state index contributed by atoms with van der Waals surface area (Å²) in [6, 6.07) is 6.98. The summed E-state index contributed by atoms with van der Waals surface area (Å²) in [7, 11) is 0. The number of aliphatic hydroxyl groups is 1. The molecule has 1 fully saturated rings. The Morgan fingerprint density at radius 1 is 1.28 bits per heavy atom. The van der Waals surface area contributed by atoms with Crippen LogP contribution in [0, 0.1) is 13.8 Å². The van der Waals surface area contributed by atoms with Gasteiger partial charge in [0.1, 0.15) is 0 Å².